The molecule has 0 unspecified atom stereocenters. The van der Waals surface area contributed by atoms with Gasteiger partial charge in [-0.3, -0.25) is 4.79 Å². The average molecular weight is 285 g/mol. The van der Waals surface area contributed by atoms with Gasteiger partial charge >= 0.3 is 18.1 Å². The largest absolute Gasteiger partial charge is 0.478 e. The second-order valence-electron chi connectivity index (χ2n) is 3.71. The SMILES string of the molecule is O=C(O)c1ccc2c(NC(=O)C(F)(F)F)ncnc2c1. The molecule has 9 heteroatoms. The summed E-state index contributed by atoms with van der Waals surface area (Å²) in [6, 6.07) is 3.57. The highest BCUT2D eigenvalue weighted by Gasteiger charge is 2.39. The van der Waals surface area contributed by atoms with Gasteiger partial charge in [0.1, 0.15) is 12.1 Å². The fourth-order valence-corrected chi connectivity index (χ4v) is 1.47. The lowest BCUT2D eigenvalue weighted by atomic mass is 10.1. The van der Waals surface area contributed by atoms with E-state index in [4.69, 9.17) is 5.11 Å². The van der Waals surface area contributed by atoms with Crippen molar-refractivity contribution in [1.29, 1.82) is 0 Å². The highest BCUT2D eigenvalue weighted by atomic mass is 19.4. The smallest absolute Gasteiger partial charge is 0.471 e. The number of nitrogens with zero attached hydrogens (tertiary/aromatic N) is 2. The average Bonchev–Trinajstić information content (AvgIpc) is 2.37. The molecule has 0 spiro atoms. The number of carbonyl (C=O) groups excluding carboxylic acids is 1. The van der Waals surface area contributed by atoms with E-state index in [1.165, 1.54) is 18.2 Å². The Balaban J connectivity index is 2.45. The molecule has 1 aromatic heterocycles. The van der Waals surface area contributed by atoms with Crippen LogP contribution in [0, 0.1) is 0 Å². The first-order valence-corrected chi connectivity index (χ1v) is 5.15. The summed E-state index contributed by atoms with van der Waals surface area (Å²) in [4.78, 5) is 28.9. The number of aromatic carboxylic acids is 1. The van der Waals surface area contributed by atoms with Gasteiger partial charge < -0.3 is 10.4 Å². The Bertz CT molecular complexity index is 700. The first kappa shape index (κ1) is 13.7. The van der Waals surface area contributed by atoms with Crippen molar-refractivity contribution in [3.63, 3.8) is 0 Å². The summed E-state index contributed by atoms with van der Waals surface area (Å²) in [5.74, 6) is -3.71. The third kappa shape index (κ3) is 2.66. The fourth-order valence-electron chi connectivity index (χ4n) is 1.47. The number of fused-ring (bicyclic) bond motifs is 1. The van der Waals surface area contributed by atoms with E-state index < -0.39 is 18.1 Å². The summed E-state index contributed by atoms with van der Waals surface area (Å²) < 4.78 is 36.5. The van der Waals surface area contributed by atoms with Gasteiger partial charge in [0.05, 0.1) is 11.1 Å². The number of carboxylic acid groups (broad SMARTS) is 1. The Morgan fingerprint density at radius 2 is 1.90 bits per heavy atom. The summed E-state index contributed by atoms with van der Waals surface area (Å²) in [5, 5.41) is 10.5. The molecule has 1 heterocycles. The summed E-state index contributed by atoms with van der Waals surface area (Å²) >= 11 is 0. The molecule has 0 radical (unpaired) electrons. The Labute approximate surface area is 109 Å². The first-order valence-electron chi connectivity index (χ1n) is 5.15. The minimum absolute atomic E-state index is 0.0794. The summed E-state index contributed by atoms with van der Waals surface area (Å²) in [6.07, 6.45) is -4.11. The van der Waals surface area contributed by atoms with Gasteiger partial charge in [0.25, 0.3) is 0 Å². The zero-order valence-corrected chi connectivity index (χ0v) is 9.60. The number of alkyl halides is 3. The van der Waals surface area contributed by atoms with Gasteiger partial charge in [-0.15, -0.1) is 0 Å². The summed E-state index contributed by atoms with van der Waals surface area (Å²) in [6.45, 7) is 0. The third-order valence-corrected chi connectivity index (χ3v) is 2.37. The number of nitrogens with one attached hydrogen (secondary N) is 1. The monoisotopic (exact) mass is 285 g/mol. The molecule has 104 valence electrons. The third-order valence-electron chi connectivity index (χ3n) is 2.37. The standard InChI is InChI=1S/C11H6F3N3O3/c12-11(13,14)10(20)17-8-6-2-1-5(9(18)19)3-7(6)15-4-16-8/h1-4H,(H,18,19)(H,15,16,17,20). The molecule has 0 aliphatic heterocycles. The molecule has 0 saturated carbocycles. The highest BCUT2D eigenvalue weighted by molar-refractivity contribution is 6.02. The van der Waals surface area contributed by atoms with Crippen molar-refractivity contribution in [3.8, 4) is 0 Å². The molecule has 1 aromatic carbocycles. The number of aromatic nitrogens is 2. The number of benzene rings is 1. The van der Waals surface area contributed by atoms with Gasteiger partial charge in [0.15, 0.2) is 0 Å². The van der Waals surface area contributed by atoms with Crippen molar-refractivity contribution in [2.75, 3.05) is 5.32 Å². The Kier molecular flexibility index (Phi) is 3.26. The minimum Gasteiger partial charge on any atom is -0.478 e. The maximum Gasteiger partial charge on any atom is 0.471 e. The van der Waals surface area contributed by atoms with Crippen LogP contribution >= 0.6 is 0 Å². The first-order chi connectivity index (χ1) is 9.29. The lowest BCUT2D eigenvalue weighted by Crippen LogP contribution is -2.30. The quantitative estimate of drug-likeness (QED) is 0.878. The van der Waals surface area contributed by atoms with Gasteiger partial charge in [0, 0.05) is 5.39 Å². The molecule has 2 aromatic rings. The van der Waals surface area contributed by atoms with Gasteiger partial charge in [-0.25, -0.2) is 14.8 Å². The summed E-state index contributed by atoms with van der Waals surface area (Å²) in [7, 11) is 0. The van der Waals surface area contributed by atoms with Crippen molar-refractivity contribution < 1.29 is 27.9 Å². The van der Waals surface area contributed by atoms with Crippen LogP contribution in [0.25, 0.3) is 10.9 Å². The molecule has 2 N–H and O–H groups in total. The lowest BCUT2D eigenvalue weighted by molar-refractivity contribution is -0.167. The number of halogens is 3. The number of carbonyl (C=O) groups is 2. The van der Waals surface area contributed by atoms with Crippen LogP contribution in [0.5, 0.6) is 0 Å². The molecule has 0 saturated heterocycles. The second kappa shape index (κ2) is 4.76. The molecule has 2 rings (SSSR count). The van der Waals surface area contributed by atoms with E-state index in [1.807, 2.05) is 0 Å². The minimum atomic E-state index is -5.04. The maximum absolute atomic E-state index is 12.2. The number of hydrogen-bond acceptors (Lipinski definition) is 4. The van der Waals surface area contributed by atoms with Gasteiger partial charge in [-0.05, 0) is 18.2 Å². The van der Waals surface area contributed by atoms with Crippen LogP contribution < -0.4 is 5.32 Å². The normalized spacial score (nSPS) is 11.3. The fraction of sp³-hybridized carbons (Fsp3) is 0.0909. The number of anilines is 1. The van der Waals surface area contributed by atoms with Crippen LogP contribution in [0.15, 0.2) is 24.5 Å². The van der Waals surface area contributed by atoms with E-state index in [0.29, 0.717) is 0 Å². The van der Waals surface area contributed by atoms with Gasteiger partial charge in [-0.2, -0.15) is 13.2 Å². The van der Waals surface area contributed by atoms with E-state index in [-0.39, 0.29) is 22.3 Å². The van der Waals surface area contributed by atoms with Crippen LogP contribution in [0.2, 0.25) is 0 Å². The Morgan fingerprint density at radius 3 is 2.50 bits per heavy atom. The van der Waals surface area contributed by atoms with Gasteiger partial charge in [-0.1, -0.05) is 0 Å². The van der Waals surface area contributed by atoms with Crippen LogP contribution in [0.1, 0.15) is 10.4 Å². The van der Waals surface area contributed by atoms with E-state index in [0.717, 1.165) is 6.33 Å². The van der Waals surface area contributed by atoms with Crippen LogP contribution in [0.3, 0.4) is 0 Å². The maximum atomic E-state index is 12.2. The molecular weight excluding hydrogens is 279 g/mol. The molecule has 6 nitrogen and oxygen atoms in total. The van der Waals surface area contributed by atoms with E-state index in [1.54, 1.807) is 5.32 Å². The Hall–Kier alpha value is -2.71. The van der Waals surface area contributed by atoms with Crippen LogP contribution in [0.4, 0.5) is 19.0 Å². The van der Waals surface area contributed by atoms with Crippen molar-refractivity contribution in [1.82, 2.24) is 9.97 Å². The van der Waals surface area contributed by atoms with Gasteiger partial charge in [0.2, 0.25) is 0 Å². The number of carboxylic acids is 1. The molecule has 0 aliphatic carbocycles. The number of hydrogen-bond donors (Lipinski definition) is 2. The topological polar surface area (TPSA) is 92.2 Å². The summed E-state index contributed by atoms with van der Waals surface area (Å²) in [5.41, 5.74) is 0.0293. The molecule has 0 fully saturated rings. The van der Waals surface area contributed by atoms with Crippen molar-refractivity contribution in [3.05, 3.63) is 30.1 Å². The van der Waals surface area contributed by atoms with Crippen LogP contribution in [-0.2, 0) is 4.79 Å². The lowest BCUT2D eigenvalue weighted by Gasteiger charge is -2.09. The Morgan fingerprint density at radius 1 is 1.20 bits per heavy atom. The second-order valence-corrected chi connectivity index (χ2v) is 3.71. The number of rotatable bonds is 2. The van der Waals surface area contributed by atoms with E-state index in [9.17, 15) is 22.8 Å². The van der Waals surface area contributed by atoms with Crippen molar-refractivity contribution in [2.45, 2.75) is 6.18 Å². The molecule has 0 aliphatic rings. The zero-order chi connectivity index (χ0) is 14.9. The highest BCUT2D eigenvalue weighted by Crippen LogP contribution is 2.23. The number of amides is 1. The molecule has 0 bridgehead atoms. The molecule has 1 amide bonds. The molecule has 0 atom stereocenters. The van der Waals surface area contributed by atoms with Crippen LogP contribution in [-0.4, -0.2) is 33.1 Å². The zero-order valence-electron chi connectivity index (χ0n) is 9.60. The van der Waals surface area contributed by atoms with E-state index in [2.05, 4.69) is 9.97 Å². The predicted octanol–water partition coefficient (Wildman–Crippen LogP) is 1.83. The van der Waals surface area contributed by atoms with E-state index >= 15 is 0 Å². The van der Waals surface area contributed by atoms with Crippen molar-refractivity contribution in [2.24, 2.45) is 0 Å². The molecular formula is C11H6F3N3O3. The predicted molar refractivity (Wildman–Crippen MR) is 61.2 cm³/mol. The molecule has 20 heavy (non-hydrogen) atoms. The van der Waals surface area contributed by atoms with Crippen molar-refractivity contribution >= 4 is 28.6 Å².